The zero-order valence-corrected chi connectivity index (χ0v) is 20.0. The first-order valence-corrected chi connectivity index (χ1v) is 11.6. The SMILES string of the molecule is CC(C)[C@H](NC(=O)OCC1c2ccccc2-c2ccccc21)C(=O)NCC(=O)N[C@@H](C)CC(=O)O. The van der Waals surface area contributed by atoms with Gasteiger partial charge in [-0.1, -0.05) is 62.4 Å². The Morgan fingerprint density at radius 3 is 2.03 bits per heavy atom. The molecule has 4 N–H and O–H groups in total. The number of carboxylic acid groups (broad SMARTS) is 1. The van der Waals surface area contributed by atoms with E-state index in [2.05, 4.69) is 16.0 Å². The van der Waals surface area contributed by atoms with Crippen molar-refractivity contribution in [2.45, 2.75) is 45.2 Å². The number of carbonyl (C=O) groups excluding carboxylic acids is 3. The fraction of sp³-hybridized carbons (Fsp3) is 0.385. The highest BCUT2D eigenvalue weighted by Gasteiger charge is 2.30. The lowest BCUT2D eigenvalue weighted by atomic mass is 9.98. The van der Waals surface area contributed by atoms with Crippen molar-refractivity contribution >= 4 is 23.9 Å². The lowest BCUT2D eigenvalue weighted by Crippen LogP contribution is -2.52. The molecule has 35 heavy (non-hydrogen) atoms. The fourth-order valence-electron chi connectivity index (χ4n) is 4.22. The zero-order valence-electron chi connectivity index (χ0n) is 20.0. The molecule has 2 aromatic carbocycles. The molecule has 9 nitrogen and oxygen atoms in total. The van der Waals surface area contributed by atoms with E-state index in [0.717, 1.165) is 22.3 Å². The highest BCUT2D eigenvalue weighted by Crippen LogP contribution is 2.44. The van der Waals surface area contributed by atoms with E-state index in [1.54, 1.807) is 20.8 Å². The van der Waals surface area contributed by atoms with Crippen molar-refractivity contribution in [3.63, 3.8) is 0 Å². The van der Waals surface area contributed by atoms with Gasteiger partial charge in [-0.2, -0.15) is 0 Å². The number of aliphatic carboxylic acids is 1. The molecule has 0 aromatic heterocycles. The normalized spacial score (nSPS) is 13.8. The highest BCUT2D eigenvalue weighted by atomic mass is 16.5. The van der Waals surface area contributed by atoms with Gasteiger partial charge in [0.25, 0.3) is 0 Å². The van der Waals surface area contributed by atoms with E-state index in [9.17, 15) is 19.2 Å². The monoisotopic (exact) mass is 481 g/mol. The van der Waals surface area contributed by atoms with E-state index in [1.165, 1.54) is 0 Å². The van der Waals surface area contributed by atoms with Gasteiger partial charge in [0.05, 0.1) is 13.0 Å². The van der Waals surface area contributed by atoms with E-state index in [4.69, 9.17) is 9.84 Å². The third kappa shape index (κ3) is 6.59. The first kappa shape index (κ1) is 25.7. The van der Waals surface area contributed by atoms with Gasteiger partial charge in [0.2, 0.25) is 11.8 Å². The van der Waals surface area contributed by atoms with Gasteiger partial charge in [-0.3, -0.25) is 14.4 Å². The number of ether oxygens (including phenoxy) is 1. The maximum atomic E-state index is 12.6. The van der Waals surface area contributed by atoms with Crippen LogP contribution >= 0.6 is 0 Å². The number of benzene rings is 2. The van der Waals surface area contributed by atoms with Crippen LogP contribution in [0.3, 0.4) is 0 Å². The lowest BCUT2D eigenvalue weighted by Gasteiger charge is -2.22. The molecule has 2 atom stereocenters. The third-order valence-corrected chi connectivity index (χ3v) is 5.88. The number of carboxylic acids is 1. The van der Waals surface area contributed by atoms with Crippen LogP contribution in [0.15, 0.2) is 48.5 Å². The Hall–Kier alpha value is -3.88. The summed E-state index contributed by atoms with van der Waals surface area (Å²) in [6, 6.07) is 14.5. The number of amides is 3. The van der Waals surface area contributed by atoms with Gasteiger partial charge >= 0.3 is 12.1 Å². The van der Waals surface area contributed by atoms with Gasteiger partial charge in [-0.25, -0.2) is 4.79 Å². The fourth-order valence-corrected chi connectivity index (χ4v) is 4.22. The summed E-state index contributed by atoms with van der Waals surface area (Å²) in [7, 11) is 0. The predicted molar refractivity (Wildman–Crippen MR) is 130 cm³/mol. The second-order valence-electron chi connectivity index (χ2n) is 8.98. The van der Waals surface area contributed by atoms with Gasteiger partial charge in [-0.15, -0.1) is 0 Å². The number of rotatable bonds is 10. The number of fused-ring (bicyclic) bond motifs is 3. The molecule has 0 aliphatic heterocycles. The molecule has 3 amide bonds. The Bertz CT molecular complexity index is 1050. The highest BCUT2D eigenvalue weighted by molar-refractivity contribution is 5.90. The quantitative estimate of drug-likeness (QED) is 0.412. The molecule has 0 saturated heterocycles. The molecule has 1 aliphatic rings. The van der Waals surface area contributed by atoms with Gasteiger partial charge in [0, 0.05) is 12.0 Å². The molecule has 0 heterocycles. The molecular formula is C26H31N3O6. The summed E-state index contributed by atoms with van der Waals surface area (Å²) in [4.78, 5) is 47.9. The molecule has 0 fully saturated rings. The van der Waals surface area contributed by atoms with Crippen LogP contribution in [0.5, 0.6) is 0 Å². The molecule has 0 radical (unpaired) electrons. The van der Waals surface area contributed by atoms with Crippen molar-refractivity contribution in [1.82, 2.24) is 16.0 Å². The predicted octanol–water partition coefficient (Wildman–Crippen LogP) is 2.65. The average Bonchev–Trinajstić information content (AvgIpc) is 3.12. The van der Waals surface area contributed by atoms with Gasteiger partial charge < -0.3 is 25.8 Å². The summed E-state index contributed by atoms with van der Waals surface area (Å²) in [5, 5.41) is 16.3. The largest absolute Gasteiger partial charge is 0.481 e. The lowest BCUT2D eigenvalue weighted by molar-refractivity contribution is -0.137. The van der Waals surface area contributed by atoms with Gasteiger partial charge in [0.1, 0.15) is 12.6 Å². The number of hydrogen-bond acceptors (Lipinski definition) is 5. The molecule has 3 rings (SSSR count). The molecule has 186 valence electrons. The zero-order chi connectivity index (χ0) is 25.5. The number of nitrogens with one attached hydrogen (secondary N) is 3. The van der Waals surface area contributed by atoms with Crippen molar-refractivity contribution in [3.05, 3.63) is 59.7 Å². The smallest absolute Gasteiger partial charge is 0.407 e. The van der Waals surface area contributed by atoms with E-state index in [1.807, 2.05) is 48.5 Å². The minimum atomic E-state index is -1.03. The summed E-state index contributed by atoms with van der Waals surface area (Å²) < 4.78 is 5.52. The van der Waals surface area contributed by atoms with Crippen LogP contribution in [-0.2, 0) is 19.1 Å². The van der Waals surface area contributed by atoms with Gasteiger partial charge in [0.15, 0.2) is 0 Å². The third-order valence-electron chi connectivity index (χ3n) is 5.88. The number of hydrogen-bond donors (Lipinski definition) is 4. The molecule has 1 aliphatic carbocycles. The van der Waals surface area contributed by atoms with E-state index in [0.29, 0.717) is 0 Å². The molecule has 0 saturated carbocycles. The summed E-state index contributed by atoms with van der Waals surface area (Å²) in [6.07, 6.45) is -0.947. The molecule has 0 unspecified atom stereocenters. The Morgan fingerprint density at radius 2 is 1.49 bits per heavy atom. The average molecular weight is 482 g/mol. The van der Waals surface area contributed by atoms with Crippen molar-refractivity contribution in [2.24, 2.45) is 5.92 Å². The minimum absolute atomic E-state index is 0.101. The first-order valence-electron chi connectivity index (χ1n) is 11.6. The number of alkyl carbamates (subject to hydrolysis) is 1. The Labute approximate surface area is 204 Å². The molecule has 0 bridgehead atoms. The second-order valence-corrected chi connectivity index (χ2v) is 8.98. The second kappa shape index (κ2) is 11.5. The molecule has 9 heteroatoms. The number of carbonyl (C=O) groups is 4. The standard InChI is InChI=1S/C26H31N3O6/c1-15(2)24(25(33)27-13-22(30)28-16(3)12-23(31)32)29-26(34)35-14-21-19-10-6-4-8-17(19)18-9-5-7-11-20(18)21/h4-11,15-16,21,24H,12-14H2,1-3H3,(H,27,33)(H,28,30)(H,29,34)(H,31,32)/t16-,24-/m0/s1. The van der Waals surface area contributed by atoms with Crippen LogP contribution in [0, 0.1) is 5.92 Å². The van der Waals surface area contributed by atoms with Crippen molar-refractivity contribution in [3.8, 4) is 11.1 Å². The summed E-state index contributed by atoms with van der Waals surface area (Å²) >= 11 is 0. The Balaban J connectivity index is 1.54. The van der Waals surface area contributed by atoms with Crippen molar-refractivity contribution in [1.29, 1.82) is 0 Å². The van der Waals surface area contributed by atoms with Crippen LogP contribution in [0.2, 0.25) is 0 Å². The Morgan fingerprint density at radius 1 is 0.914 bits per heavy atom. The summed E-state index contributed by atoms with van der Waals surface area (Å²) in [6.45, 7) is 4.88. The topological polar surface area (TPSA) is 134 Å². The van der Waals surface area contributed by atoms with Crippen molar-refractivity contribution < 1.29 is 29.0 Å². The van der Waals surface area contributed by atoms with Gasteiger partial charge in [-0.05, 0) is 35.1 Å². The van der Waals surface area contributed by atoms with Crippen LogP contribution < -0.4 is 16.0 Å². The van der Waals surface area contributed by atoms with Crippen molar-refractivity contribution in [2.75, 3.05) is 13.2 Å². The maximum Gasteiger partial charge on any atom is 0.407 e. The van der Waals surface area contributed by atoms with Crippen LogP contribution in [0.25, 0.3) is 11.1 Å². The Kier molecular flexibility index (Phi) is 8.46. The molecular weight excluding hydrogens is 450 g/mol. The van der Waals surface area contributed by atoms with E-state index in [-0.39, 0.29) is 31.4 Å². The molecule has 0 spiro atoms. The minimum Gasteiger partial charge on any atom is -0.481 e. The van der Waals surface area contributed by atoms with Crippen LogP contribution in [0.4, 0.5) is 4.79 Å². The summed E-state index contributed by atoms with van der Waals surface area (Å²) in [5.74, 6) is -2.44. The summed E-state index contributed by atoms with van der Waals surface area (Å²) in [5.41, 5.74) is 4.41. The maximum absolute atomic E-state index is 12.6. The van der Waals surface area contributed by atoms with E-state index >= 15 is 0 Å². The molecule has 2 aromatic rings. The first-order chi connectivity index (χ1) is 16.7. The van der Waals surface area contributed by atoms with Crippen LogP contribution in [-0.4, -0.2) is 54.2 Å². The van der Waals surface area contributed by atoms with E-state index < -0.39 is 36.0 Å². The van der Waals surface area contributed by atoms with Crippen LogP contribution in [0.1, 0.15) is 44.2 Å².